The molecule has 0 bridgehead atoms. The zero-order valence-corrected chi connectivity index (χ0v) is 13.2. The van der Waals surface area contributed by atoms with Crippen LogP contribution in [0.4, 0.5) is 0 Å². The van der Waals surface area contributed by atoms with Gasteiger partial charge in [0.2, 0.25) is 11.7 Å². The summed E-state index contributed by atoms with van der Waals surface area (Å²) in [5.74, 6) is -0.129. The molecule has 2 aromatic carbocycles. The van der Waals surface area contributed by atoms with Gasteiger partial charge in [-0.3, -0.25) is 4.79 Å². The monoisotopic (exact) mass is 335 g/mol. The first-order valence-corrected chi connectivity index (χ1v) is 7.51. The predicted octanol–water partition coefficient (Wildman–Crippen LogP) is 3.31. The molecule has 0 unspecified atom stereocenters. The highest BCUT2D eigenvalue weighted by molar-refractivity contribution is 6.13. The highest BCUT2D eigenvalue weighted by atomic mass is 16.5. The van der Waals surface area contributed by atoms with E-state index in [-0.39, 0.29) is 0 Å². The smallest absolute Gasteiger partial charge is 0.336 e. The number of nitrogens with two attached hydrogens (primary N) is 1. The van der Waals surface area contributed by atoms with Gasteiger partial charge in [-0.25, -0.2) is 4.79 Å². The lowest BCUT2D eigenvalue weighted by molar-refractivity contribution is 0.100. The molecule has 25 heavy (non-hydrogen) atoms. The third-order valence-corrected chi connectivity index (χ3v) is 4.11. The van der Waals surface area contributed by atoms with E-state index in [1.54, 1.807) is 36.6 Å². The second kappa shape index (κ2) is 5.52. The van der Waals surface area contributed by atoms with Gasteiger partial charge in [-0.15, -0.1) is 0 Å². The average Bonchev–Trinajstić information content (AvgIpc) is 3.08. The van der Waals surface area contributed by atoms with Gasteiger partial charge < -0.3 is 19.3 Å². The quantitative estimate of drug-likeness (QED) is 0.579. The number of rotatable bonds is 3. The van der Waals surface area contributed by atoms with Crippen molar-refractivity contribution in [1.29, 1.82) is 0 Å². The van der Waals surface area contributed by atoms with Crippen molar-refractivity contribution in [3.8, 4) is 16.9 Å². The number of carbonyl (C=O) groups excluding carboxylic acids is 1. The molecule has 6 nitrogen and oxygen atoms in total. The standard InChI is InChI=1S/C19H13NO5/c1-23-18-16-13(8-9-24-16)15(12-6-7-14(21)25-17(12)18)10-2-4-11(5-3-10)19(20)22/h2-9H,1H3,(H2,20,22). The van der Waals surface area contributed by atoms with Crippen LogP contribution < -0.4 is 16.1 Å². The second-order valence-corrected chi connectivity index (χ2v) is 5.51. The lowest BCUT2D eigenvalue weighted by Crippen LogP contribution is -2.10. The molecule has 4 aromatic rings. The lowest BCUT2D eigenvalue weighted by atomic mass is 9.96. The summed E-state index contributed by atoms with van der Waals surface area (Å²) in [4.78, 5) is 23.0. The SMILES string of the molecule is COc1c2occc2c(-c2ccc(C(N)=O)cc2)c2ccc(=O)oc12. The Labute approximate surface area is 141 Å². The Kier molecular flexibility index (Phi) is 3.32. The molecular weight excluding hydrogens is 322 g/mol. The van der Waals surface area contributed by atoms with Crippen LogP contribution >= 0.6 is 0 Å². The van der Waals surface area contributed by atoms with Gasteiger partial charge in [0, 0.05) is 28.0 Å². The minimum Gasteiger partial charge on any atom is -0.490 e. The molecule has 2 heterocycles. The van der Waals surface area contributed by atoms with Crippen molar-refractivity contribution >= 4 is 27.8 Å². The van der Waals surface area contributed by atoms with Crippen LogP contribution in [0.15, 0.2) is 62.4 Å². The highest BCUT2D eigenvalue weighted by Gasteiger charge is 2.20. The summed E-state index contributed by atoms with van der Waals surface area (Å²) in [6, 6.07) is 11.7. The summed E-state index contributed by atoms with van der Waals surface area (Å²) in [5, 5.41) is 1.52. The van der Waals surface area contributed by atoms with Gasteiger partial charge in [0.05, 0.1) is 13.4 Å². The topological polar surface area (TPSA) is 95.7 Å². The molecule has 0 saturated carbocycles. The molecule has 0 radical (unpaired) electrons. The van der Waals surface area contributed by atoms with Crippen LogP contribution in [0.3, 0.4) is 0 Å². The molecule has 0 atom stereocenters. The summed E-state index contributed by atoms with van der Waals surface area (Å²) >= 11 is 0. The lowest BCUT2D eigenvalue weighted by Gasteiger charge is -2.11. The molecule has 2 N–H and O–H groups in total. The number of primary amides is 1. The summed E-state index contributed by atoms with van der Waals surface area (Å²) in [5.41, 5.74) is 7.68. The van der Waals surface area contributed by atoms with Gasteiger partial charge in [0.1, 0.15) is 0 Å². The van der Waals surface area contributed by atoms with Crippen LogP contribution in [0.2, 0.25) is 0 Å². The molecule has 0 saturated heterocycles. The van der Waals surface area contributed by atoms with Crippen LogP contribution in [0.1, 0.15) is 10.4 Å². The maximum Gasteiger partial charge on any atom is 0.336 e. The normalized spacial score (nSPS) is 11.1. The molecule has 0 aliphatic carbocycles. The van der Waals surface area contributed by atoms with Crippen LogP contribution in [0.25, 0.3) is 33.1 Å². The number of ether oxygens (including phenoxy) is 1. The molecule has 0 aliphatic heterocycles. The third-order valence-electron chi connectivity index (χ3n) is 4.11. The first-order valence-electron chi connectivity index (χ1n) is 7.51. The molecule has 1 amide bonds. The Morgan fingerprint density at radius 2 is 1.72 bits per heavy atom. The van der Waals surface area contributed by atoms with Gasteiger partial charge in [-0.2, -0.15) is 0 Å². The van der Waals surface area contributed by atoms with Gasteiger partial charge in [0.15, 0.2) is 11.2 Å². The number of furan rings is 1. The van der Waals surface area contributed by atoms with Crippen molar-refractivity contribution in [3.63, 3.8) is 0 Å². The maximum absolute atomic E-state index is 11.7. The van der Waals surface area contributed by atoms with E-state index in [0.717, 1.165) is 16.5 Å². The van der Waals surface area contributed by atoms with Crippen molar-refractivity contribution < 1.29 is 18.4 Å². The Bertz CT molecular complexity index is 1170. The predicted molar refractivity (Wildman–Crippen MR) is 92.8 cm³/mol. The first kappa shape index (κ1) is 15.0. The fourth-order valence-corrected chi connectivity index (χ4v) is 3.01. The van der Waals surface area contributed by atoms with E-state index >= 15 is 0 Å². The van der Waals surface area contributed by atoms with E-state index in [1.807, 2.05) is 6.07 Å². The van der Waals surface area contributed by atoms with Gasteiger partial charge in [-0.1, -0.05) is 12.1 Å². The molecule has 124 valence electrons. The van der Waals surface area contributed by atoms with Crippen LogP contribution in [0, 0.1) is 0 Å². The number of amides is 1. The van der Waals surface area contributed by atoms with E-state index < -0.39 is 11.5 Å². The molecule has 2 aromatic heterocycles. The van der Waals surface area contributed by atoms with Gasteiger partial charge in [0.25, 0.3) is 0 Å². The second-order valence-electron chi connectivity index (χ2n) is 5.51. The zero-order chi connectivity index (χ0) is 17.6. The maximum atomic E-state index is 11.7. The number of fused-ring (bicyclic) bond motifs is 2. The number of carbonyl (C=O) groups is 1. The average molecular weight is 335 g/mol. The van der Waals surface area contributed by atoms with E-state index in [9.17, 15) is 9.59 Å². The largest absolute Gasteiger partial charge is 0.490 e. The molecule has 0 aliphatic rings. The van der Waals surface area contributed by atoms with Crippen LogP contribution in [0.5, 0.6) is 5.75 Å². The van der Waals surface area contributed by atoms with Gasteiger partial charge >= 0.3 is 5.63 Å². The zero-order valence-electron chi connectivity index (χ0n) is 13.2. The molecule has 0 spiro atoms. The van der Waals surface area contributed by atoms with E-state index in [1.165, 1.54) is 13.2 Å². The number of hydrogen-bond acceptors (Lipinski definition) is 5. The summed E-state index contributed by atoms with van der Waals surface area (Å²) in [6.45, 7) is 0. The Hall–Kier alpha value is -3.54. The summed E-state index contributed by atoms with van der Waals surface area (Å²) < 4.78 is 16.3. The van der Waals surface area contributed by atoms with Crippen molar-refractivity contribution in [3.05, 3.63) is 64.7 Å². The first-order chi connectivity index (χ1) is 12.1. The molecular formula is C19H13NO5. The van der Waals surface area contributed by atoms with Crippen molar-refractivity contribution in [1.82, 2.24) is 0 Å². The fourth-order valence-electron chi connectivity index (χ4n) is 3.01. The summed E-state index contributed by atoms with van der Waals surface area (Å²) in [7, 11) is 1.49. The number of hydrogen-bond donors (Lipinski definition) is 1. The minimum atomic E-state index is -0.495. The Morgan fingerprint density at radius 3 is 2.40 bits per heavy atom. The molecule has 0 fully saturated rings. The van der Waals surface area contributed by atoms with E-state index in [2.05, 4.69) is 0 Å². The van der Waals surface area contributed by atoms with Gasteiger partial charge in [-0.05, 0) is 29.8 Å². The minimum absolute atomic E-state index is 0.312. The van der Waals surface area contributed by atoms with E-state index in [4.69, 9.17) is 19.3 Å². The van der Waals surface area contributed by atoms with Crippen molar-refractivity contribution in [2.45, 2.75) is 0 Å². The number of methoxy groups -OCH3 is 1. The fraction of sp³-hybridized carbons (Fsp3) is 0.0526. The third kappa shape index (κ3) is 2.27. The van der Waals surface area contributed by atoms with E-state index in [0.29, 0.717) is 27.9 Å². The van der Waals surface area contributed by atoms with Crippen LogP contribution in [-0.2, 0) is 0 Å². The summed E-state index contributed by atoms with van der Waals surface area (Å²) in [6.07, 6.45) is 1.55. The van der Waals surface area contributed by atoms with Crippen molar-refractivity contribution in [2.75, 3.05) is 7.11 Å². The van der Waals surface area contributed by atoms with Crippen LogP contribution in [-0.4, -0.2) is 13.0 Å². The molecule has 4 rings (SSSR count). The molecule has 6 heteroatoms. The highest BCUT2D eigenvalue weighted by Crippen LogP contribution is 2.42. The van der Waals surface area contributed by atoms with Crippen molar-refractivity contribution in [2.24, 2.45) is 5.73 Å². The Balaban J connectivity index is 2.13. The number of benzene rings is 2. The Morgan fingerprint density at radius 1 is 1.00 bits per heavy atom.